The largest absolute Gasteiger partial charge is 0.472 e. The first-order valence-electron chi connectivity index (χ1n) is 14.1. The number of aromatic amines is 1. The van der Waals surface area contributed by atoms with Crippen molar-refractivity contribution in [2.45, 2.75) is 56.0 Å². The summed E-state index contributed by atoms with van der Waals surface area (Å²) in [4.78, 5) is 46.3. The molecule has 24 heteroatoms. The Balaban J connectivity index is 1.24. The van der Waals surface area contributed by atoms with Crippen molar-refractivity contribution in [3.05, 3.63) is 35.2 Å². The van der Waals surface area contributed by atoms with Gasteiger partial charge in [-0.25, -0.2) is 38.7 Å². The van der Waals surface area contributed by atoms with Gasteiger partial charge in [0.25, 0.3) is 5.56 Å². The molecule has 22 nitrogen and oxygen atoms in total. The van der Waals surface area contributed by atoms with Crippen molar-refractivity contribution in [1.29, 1.82) is 0 Å². The van der Waals surface area contributed by atoms with Crippen molar-refractivity contribution < 1.29 is 51.8 Å². The summed E-state index contributed by atoms with van der Waals surface area (Å²) in [6.45, 7) is 0.217. The van der Waals surface area contributed by atoms with Crippen LogP contribution in [0.25, 0.3) is 22.3 Å². The van der Waals surface area contributed by atoms with Gasteiger partial charge in [0.15, 0.2) is 35.1 Å². The number of aryl methyl sites for hydroxylation is 1. The third-order valence-corrected chi connectivity index (χ3v) is 10.9. The Morgan fingerprint density at radius 1 is 0.915 bits per heavy atom. The average Bonchev–Trinajstić information content (AvgIpc) is 3.76. The Morgan fingerprint density at radius 3 is 2.34 bits per heavy atom. The highest BCUT2D eigenvalue weighted by atomic mass is 31.2. The van der Waals surface area contributed by atoms with Crippen LogP contribution >= 0.6 is 15.6 Å². The van der Waals surface area contributed by atoms with Crippen LogP contribution in [0.5, 0.6) is 0 Å². The second kappa shape index (κ2) is 11.7. The number of aliphatic hydroxyl groups is 2. The Labute approximate surface area is 263 Å². The lowest BCUT2D eigenvalue weighted by molar-refractivity contribution is -0.0652. The van der Waals surface area contributed by atoms with Crippen molar-refractivity contribution in [2.75, 3.05) is 33.0 Å². The molecule has 4 aromatic rings. The van der Waals surface area contributed by atoms with Gasteiger partial charge in [-0.05, 0) is 21.0 Å². The van der Waals surface area contributed by atoms with E-state index < -0.39 is 83.4 Å². The lowest BCUT2D eigenvalue weighted by Crippen LogP contribution is -2.37. The van der Waals surface area contributed by atoms with Crippen molar-refractivity contribution in [3.63, 3.8) is 0 Å². The number of nitrogens with zero attached hydrogens (tertiary/aromatic N) is 8. The van der Waals surface area contributed by atoms with Gasteiger partial charge in [0.05, 0.1) is 25.9 Å². The molecule has 2 bridgehead atoms. The van der Waals surface area contributed by atoms with Crippen molar-refractivity contribution in [3.8, 4) is 0 Å². The zero-order valence-corrected chi connectivity index (χ0v) is 26.6. The molecule has 0 spiro atoms. The second-order valence-electron chi connectivity index (χ2n) is 11.2. The molecule has 3 saturated heterocycles. The van der Waals surface area contributed by atoms with Crippen LogP contribution in [-0.4, -0.2) is 123 Å². The summed E-state index contributed by atoms with van der Waals surface area (Å²) in [6.07, 6.45) is -7.92. The molecule has 47 heavy (non-hydrogen) atoms. The molecular formula is C23H30N10O12P2. The number of nitrogens with one attached hydrogen (secondary N) is 1. The minimum atomic E-state index is -5.02. The predicted octanol–water partition coefficient (Wildman–Crippen LogP) is -1.05. The molecule has 0 saturated carbocycles. The summed E-state index contributed by atoms with van der Waals surface area (Å²) in [5.41, 5.74) is 5.79. The maximum Gasteiger partial charge on any atom is 0.472 e. The first-order valence-corrected chi connectivity index (χ1v) is 17.1. The van der Waals surface area contributed by atoms with Gasteiger partial charge in [-0.2, -0.15) is 0 Å². The van der Waals surface area contributed by atoms with Gasteiger partial charge in [0, 0.05) is 0 Å². The molecule has 7 heterocycles. The molecule has 0 amide bonds. The molecule has 4 aromatic heterocycles. The highest BCUT2D eigenvalue weighted by Gasteiger charge is 2.54. The standard InChI is InChI=1S/C23H30N10O12P2/c1-9-29-20-13(21(36)30-9)28-8-33(20)23-17-14(34)10(42-23)4-41-47(38,39)45-16-11(5-40-46(37,44-17)31(2)3)43-22(15(16)35)32-7-27-12-18(24)25-6-26-19(12)32/h6-8,10-11,14-17,22-23,34-35H,4-5H2,1-3H3,(H,38,39)(H2,24,25,26)(H,29,30,36)/t10-,11-,14?,15?,16+,17+,22-,23-,46?/m1/s1. The molecule has 4 unspecified atom stereocenters. The highest BCUT2D eigenvalue weighted by Crippen LogP contribution is 2.56. The van der Waals surface area contributed by atoms with Gasteiger partial charge >= 0.3 is 15.6 Å². The van der Waals surface area contributed by atoms with E-state index >= 15 is 0 Å². The number of aromatic nitrogens is 8. The fourth-order valence-corrected chi connectivity index (χ4v) is 7.92. The Bertz CT molecular complexity index is 1990. The maximum atomic E-state index is 14.3. The van der Waals surface area contributed by atoms with E-state index in [1.165, 1.54) is 42.2 Å². The number of aliphatic hydroxyl groups excluding tert-OH is 2. The summed E-state index contributed by atoms with van der Waals surface area (Å²) >= 11 is 0. The molecular weight excluding hydrogens is 670 g/mol. The normalized spacial score (nSPS) is 36.7. The van der Waals surface area contributed by atoms with Crippen LogP contribution in [0.3, 0.4) is 0 Å². The van der Waals surface area contributed by atoms with Crippen LogP contribution in [0, 0.1) is 6.92 Å². The Kier molecular flexibility index (Phi) is 8.06. The lowest BCUT2D eigenvalue weighted by atomic mass is 10.1. The van der Waals surface area contributed by atoms with Gasteiger partial charge in [-0.3, -0.25) is 32.0 Å². The lowest BCUT2D eigenvalue weighted by Gasteiger charge is -2.31. The summed E-state index contributed by atoms with van der Waals surface area (Å²) in [5, 5.41) is 22.6. The molecule has 10 atom stereocenters. The number of H-pyrrole nitrogens is 1. The molecule has 0 aromatic carbocycles. The molecule has 3 aliphatic rings. The fraction of sp³-hybridized carbons (Fsp3) is 0.565. The number of fused-ring (bicyclic) bond motifs is 5. The van der Waals surface area contributed by atoms with E-state index in [4.69, 9.17) is 33.3 Å². The van der Waals surface area contributed by atoms with E-state index in [1.54, 1.807) is 6.92 Å². The maximum absolute atomic E-state index is 14.3. The van der Waals surface area contributed by atoms with E-state index in [-0.39, 0.29) is 34.0 Å². The van der Waals surface area contributed by atoms with E-state index in [1.807, 2.05) is 0 Å². The minimum Gasteiger partial charge on any atom is -0.387 e. The first-order chi connectivity index (χ1) is 22.3. The van der Waals surface area contributed by atoms with Crippen molar-refractivity contribution in [2.24, 2.45) is 0 Å². The third-order valence-electron chi connectivity index (χ3n) is 7.91. The number of rotatable bonds is 3. The van der Waals surface area contributed by atoms with Crippen molar-refractivity contribution >= 4 is 43.7 Å². The van der Waals surface area contributed by atoms with Gasteiger partial charge in [0.1, 0.15) is 54.3 Å². The number of ether oxygens (including phenoxy) is 2. The Morgan fingerprint density at radius 2 is 1.60 bits per heavy atom. The first kappa shape index (κ1) is 32.3. The van der Waals surface area contributed by atoms with Gasteiger partial charge in [-0.1, -0.05) is 0 Å². The van der Waals surface area contributed by atoms with Gasteiger partial charge in [0.2, 0.25) is 0 Å². The zero-order valence-electron chi connectivity index (χ0n) is 24.8. The molecule has 0 radical (unpaired) electrons. The number of nitrogens with two attached hydrogens (primary N) is 1. The molecule has 0 aliphatic carbocycles. The SMILES string of the molecule is Cc1nc2c(ncn2[C@@H]2O[C@@H]3COP(=O)(O)O[C@@H]4C(O)[C@H](n5cnc6c(N)ncnc65)O[C@@H]4COP(=O)(N(C)C)O[C@H]2C3O)c(=O)[nH]1. The Hall–Kier alpha value is -3.24. The second-order valence-corrected chi connectivity index (χ2v) is 14.8. The van der Waals surface area contributed by atoms with E-state index in [9.17, 15) is 29.0 Å². The summed E-state index contributed by atoms with van der Waals surface area (Å²) < 4.78 is 65.7. The van der Waals surface area contributed by atoms with Crippen LogP contribution in [0.2, 0.25) is 0 Å². The van der Waals surface area contributed by atoms with Gasteiger partial charge in [-0.15, -0.1) is 0 Å². The summed E-state index contributed by atoms with van der Waals surface area (Å²) in [5.74, 6) is 0.327. The monoisotopic (exact) mass is 700 g/mol. The van der Waals surface area contributed by atoms with Crippen molar-refractivity contribution in [1.82, 2.24) is 43.7 Å². The molecule has 3 fully saturated rings. The van der Waals surface area contributed by atoms with E-state index in [0.29, 0.717) is 0 Å². The molecule has 3 aliphatic heterocycles. The number of imidazole rings is 2. The van der Waals surface area contributed by atoms with Crippen LogP contribution in [-0.2, 0) is 36.7 Å². The summed E-state index contributed by atoms with van der Waals surface area (Å²) in [7, 11) is -6.57. The number of nitrogen functional groups attached to an aromatic ring is 1. The topological polar surface area (TPSA) is 287 Å². The summed E-state index contributed by atoms with van der Waals surface area (Å²) in [6, 6.07) is 0. The molecule has 6 N–H and O–H groups in total. The van der Waals surface area contributed by atoms with Crippen LogP contribution in [0.4, 0.5) is 5.82 Å². The predicted molar refractivity (Wildman–Crippen MR) is 155 cm³/mol. The molecule has 7 rings (SSSR count). The number of anilines is 1. The highest BCUT2D eigenvalue weighted by molar-refractivity contribution is 7.51. The zero-order chi connectivity index (χ0) is 33.4. The average molecular weight is 700 g/mol. The smallest absolute Gasteiger partial charge is 0.387 e. The van der Waals surface area contributed by atoms with Crippen LogP contribution < -0.4 is 11.3 Å². The fourth-order valence-electron chi connectivity index (χ4n) is 5.60. The van der Waals surface area contributed by atoms with Crippen LogP contribution in [0.1, 0.15) is 18.3 Å². The van der Waals surface area contributed by atoms with E-state index in [2.05, 4.69) is 29.9 Å². The molecule has 254 valence electrons. The van der Waals surface area contributed by atoms with E-state index in [0.717, 1.165) is 4.67 Å². The number of phosphoric ester groups is 1. The quantitative estimate of drug-likeness (QED) is 0.159. The third kappa shape index (κ3) is 5.59. The number of hydrogen-bond acceptors (Lipinski definition) is 17. The number of hydrogen-bond donors (Lipinski definition) is 5. The van der Waals surface area contributed by atoms with Gasteiger partial charge < -0.3 is 35.3 Å². The number of phosphoric acid groups is 1. The minimum absolute atomic E-state index is 0.0424. The van der Waals surface area contributed by atoms with Crippen LogP contribution in [0.15, 0.2) is 23.8 Å².